The molecule has 0 aliphatic heterocycles. The van der Waals surface area contributed by atoms with Gasteiger partial charge >= 0.3 is 0 Å². The summed E-state index contributed by atoms with van der Waals surface area (Å²) >= 11 is 0. The second-order valence-electron chi connectivity index (χ2n) is 7.81. The van der Waals surface area contributed by atoms with E-state index in [4.69, 9.17) is 4.74 Å². The summed E-state index contributed by atoms with van der Waals surface area (Å²) in [6.45, 7) is 1.59. The van der Waals surface area contributed by atoms with Crippen LogP contribution in [0.15, 0.2) is 79.0 Å². The lowest BCUT2D eigenvalue weighted by Gasteiger charge is -2.09. The van der Waals surface area contributed by atoms with Crippen LogP contribution in [0.1, 0.15) is 28.4 Å². The minimum atomic E-state index is -0.496. The molecule has 0 saturated heterocycles. The second kappa shape index (κ2) is 10.6. The molecule has 0 bridgehead atoms. The Morgan fingerprint density at radius 2 is 1.51 bits per heavy atom. The third kappa shape index (κ3) is 6.50. The Balaban J connectivity index is 1.58. The van der Waals surface area contributed by atoms with Gasteiger partial charge < -0.3 is 15.4 Å². The summed E-state index contributed by atoms with van der Waals surface area (Å²) in [5.74, 6) is -1.47. The SMILES string of the molecule is CC(=O)Nc1cccc(NC(=O)c2cn(Cc3cccc(F)c3)nc2OCc2cccc(F)c2)c1. The van der Waals surface area contributed by atoms with Gasteiger partial charge in [-0.2, -0.15) is 0 Å². The first kappa shape index (κ1) is 23.6. The molecule has 4 rings (SSSR count). The molecule has 3 aromatic carbocycles. The highest BCUT2D eigenvalue weighted by molar-refractivity contribution is 6.06. The molecule has 4 aromatic rings. The van der Waals surface area contributed by atoms with Crippen LogP contribution >= 0.6 is 0 Å². The molecule has 2 amide bonds. The normalized spacial score (nSPS) is 10.6. The van der Waals surface area contributed by atoms with Gasteiger partial charge in [0.2, 0.25) is 11.8 Å². The number of rotatable bonds is 8. The fourth-order valence-corrected chi connectivity index (χ4v) is 3.42. The van der Waals surface area contributed by atoms with Crippen LogP contribution in [-0.2, 0) is 17.9 Å². The third-order valence-electron chi connectivity index (χ3n) is 4.91. The van der Waals surface area contributed by atoms with Gasteiger partial charge in [0.1, 0.15) is 23.8 Å². The molecular weight excluding hydrogens is 454 g/mol. The lowest BCUT2D eigenvalue weighted by Crippen LogP contribution is -2.13. The number of benzene rings is 3. The molecule has 0 fully saturated rings. The number of carbonyl (C=O) groups is 2. The summed E-state index contributed by atoms with van der Waals surface area (Å²) in [5, 5.41) is 9.77. The maximum atomic E-state index is 13.6. The lowest BCUT2D eigenvalue weighted by atomic mass is 10.2. The fourth-order valence-electron chi connectivity index (χ4n) is 3.42. The molecule has 0 aliphatic rings. The van der Waals surface area contributed by atoms with Gasteiger partial charge in [0.05, 0.1) is 6.54 Å². The number of hydrogen-bond acceptors (Lipinski definition) is 4. The van der Waals surface area contributed by atoms with Crippen LogP contribution < -0.4 is 15.4 Å². The van der Waals surface area contributed by atoms with Gasteiger partial charge in [0, 0.05) is 24.5 Å². The number of halogens is 2. The number of nitrogens with one attached hydrogen (secondary N) is 2. The van der Waals surface area contributed by atoms with E-state index in [-0.39, 0.29) is 36.3 Å². The van der Waals surface area contributed by atoms with E-state index in [9.17, 15) is 18.4 Å². The van der Waals surface area contributed by atoms with Gasteiger partial charge in [-0.1, -0.05) is 30.3 Å². The Morgan fingerprint density at radius 1 is 0.886 bits per heavy atom. The second-order valence-corrected chi connectivity index (χ2v) is 7.81. The molecule has 7 nitrogen and oxygen atoms in total. The van der Waals surface area contributed by atoms with Gasteiger partial charge in [0.25, 0.3) is 5.91 Å². The Morgan fingerprint density at radius 3 is 2.20 bits per heavy atom. The van der Waals surface area contributed by atoms with Gasteiger partial charge in [-0.15, -0.1) is 5.10 Å². The smallest absolute Gasteiger partial charge is 0.262 e. The van der Waals surface area contributed by atoms with Crippen molar-refractivity contribution in [3.8, 4) is 5.88 Å². The van der Waals surface area contributed by atoms with Crippen molar-refractivity contribution in [2.45, 2.75) is 20.1 Å². The molecule has 0 spiro atoms. The first-order chi connectivity index (χ1) is 16.9. The van der Waals surface area contributed by atoms with E-state index in [1.54, 1.807) is 48.5 Å². The molecule has 1 aromatic heterocycles. The zero-order valence-corrected chi connectivity index (χ0v) is 18.8. The van der Waals surface area contributed by atoms with Crippen molar-refractivity contribution in [2.75, 3.05) is 10.6 Å². The van der Waals surface area contributed by atoms with E-state index < -0.39 is 11.7 Å². The molecule has 1 heterocycles. The van der Waals surface area contributed by atoms with Crippen molar-refractivity contribution in [3.63, 3.8) is 0 Å². The molecule has 9 heteroatoms. The maximum absolute atomic E-state index is 13.6. The van der Waals surface area contributed by atoms with Crippen molar-refractivity contribution in [2.24, 2.45) is 0 Å². The van der Waals surface area contributed by atoms with Crippen molar-refractivity contribution in [1.82, 2.24) is 9.78 Å². The zero-order chi connectivity index (χ0) is 24.8. The van der Waals surface area contributed by atoms with E-state index in [2.05, 4.69) is 15.7 Å². The predicted octanol–water partition coefficient (Wildman–Crippen LogP) is 5.00. The molecule has 0 radical (unpaired) electrons. The summed E-state index contributed by atoms with van der Waals surface area (Å²) in [7, 11) is 0. The highest BCUT2D eigenvalue weighted by Crippen LogP contribution is 2.22. The monoisotopic (exact) mass is 476 g/mol. The Hall–Kier alpha value is -4.53. The van der Waals surface area contributed by atoms with E-state index in [1.165, 1.54) is 42.1 Å². The topological polar surface area (TPSA) is 85.3 Å². The fraction of sp³-hybridized carbons (Fsp3) is 0.115. The van der Waals surface area contributed by atoms with E-state index in [0.717, 1.165) is 0 Å². The molecule has 0 unspecified atom stereocenters. The molecule has 0 saturated carbocycles. The Kier molecular flexibility index (Phi) is 7.15. The Labute approximate surface area is 200 Å². The number of anilines is 2. The van der Waals surface area contributed by atoms with E-state index in [1.807, 2.05) is 0 Å². The van der Waals surface area contributed by atoms with Crippen LogP contribution in [0.4, 0.5) is 20.2 Å². The van der Waals surface area contributed by atoms with Crippen molar-refractivity contribution in [1.29, 1.82) is 0 Å². The number of hydrogen-bond donors (Lipinski definition) is 2. The van der Waals surface area contributed by atoms with Crippen molar-refractivity contribution in [3.05, 3.63) is 107 Å². The van der Waals surface area contributed by atoms with E-state index >= 15 is 0 Å². The highest BCUT2D eigenvalue weighted by atomic mass is 19.1. The predicted molar refractivity (Wildman–Crippen MR) is 127 cm³/mol. The van der Waals surface area contributed by atoms with Gasteiger partial charge in [0.15, 0.2) is 0 Å². The first-order valence-electron chi connectivity index (χ1n) is 10.7. The number of amides is 2. The van der Waals surface area contributed by atoms with E-state index in [0.29, 0.717) is 22.5 Å². The van der Waals surface area contributed by atoms with Crippen LogP contribution in [0.5, 0.6) is 5.88 Å². The quantitative estimate of drug-likeness (QED) is 0.375. The van der Waals surface area contributed by atoms with Crippen LogP contribution in [0, 0.1) is 11.6 Å². The van der Waals surface area contributed by atoms with Gasteiger partial charge in [-0.3, -0.25) is 14.3 Å². The average molecular weight is 476 g/mol. The van der Waals surface area contributed by atoms with Gasteiger partial charge in [-0.05, 0) is 53.6 Å². The minimum absolute atomic E-state index is 0.00691. The summed E-state index contributed by atoms with van der Waals surface area (Å²) < 4.78 is 34.4. The Bertz CT molecular complexity index is 1370. The summed E-state index contributed by atoms with van der Waals surface area (Å²) in [4.78, 5) is 24.4. The van der Waals surface area contributed by atoms with Crippen molar-refractivity contribution < 1.29 is 23.1 Å². The molecule has 2 N–H and O–H groups in total. The van der Waals surface area contributed by atoms with Gasteiger partial charge in [-0.25, -0.2) is 8.78 Å². The van der Waals surface area contributed by atoms with Crippen LogP contribution in [0.25, 0.3) is 0 Å². The molecule has 178 valence electrons. The number of aromatic nitrogens is 2. The maximum Gasteiger partial charge on any atom is 0.262 e. The number of nitrogens with zero attached hydrogens (tertiary/aromatic N) is 2. The highest BCUT2D eigenvalue weighted by Gasteiger charge is 2.19. The van der Waals surface area contributed by atoms with Crippen molar-refractivity contribution >= 4 is 23.2 Å². The summed E-state index contributed by atoms with van der Waals surface area (Å²) in [6, 6.07) is 18.6. The summed E-state index contributed by atoms with van der Waals surface area (Å²) in [6.07, 6.45) is 1.50. The lowest BCUT2D eigenvalue weighted by molar-refractivity contribution is -0.114. The van der Waals surface area contributed by atoms with Crippen LogP contribution in [0.3, 0.4) is 0 Å². The molecule has 35 heavy (non-hydrogen) atoms. The average Bonchev–Trinajstić information content (AvgIpc) is 3.20. The number of ether oxygens (including phenoxy) is 1. The summed E-state index contributed by atoms with van der Waals surface area (Å²) in [5.41, 5.74) is 2.34. The zero-order valence-electron chi connectivity index (χ0n) is 18.8. The third-order valence-corrected chi connectivity index (χ3v) is 4.91. The first-order valence-corrected chi connectivity index (χ1v) is 10.7. The standard InChI is InChI=1S/C26H22F2N4O3/c1-17(33)29-22-9-4-10-23(13-22)30-25(34)24-15-32(14-18-5-2-7-20(27)11-18)31-26(24)35-16-19-6-3-8-21(28)12-19/h2-13,15H,14,16H2,1H3,(H,29,33)(H,30,34). The largest absolute Gasteiger partial charge is 0.471 e. The van der Waals surface area contributed by atoms with Crippen LogP contribution in [-0.4, -0.2) is 21.6 Å². The molecule has 0 atom stereocenters. The minimum Gasteiger partial charge on any atom is -0.471 e. The number of carbonyl (C=O) groups excluding carboxylic acids is 2. The molecule has 0 aliphatic carbocycles. The molecular formula is C26H22F2N4O3. The van der Waals surface area contributed by atoms with Crippen LogP contribution in [0.2, 0.25) is 0 Å².